The lowest BCUT2D eigenvalue weighted by Crippen LogP contribution is -2.07. The van der Waals surface area contributed by atoms with Gasteiger partial charge in [0.25, 0.3) is 0 Å². The summed E-state index contributed by atoms with van der Waals surface area (Å²) in [6.45, 7) is 4.63. The van der Waals surface area contributed by atoms with Crippen molar-refractivity contribution in [2.45, 2.75) is 12.8 Å². The molecule has 0 aliphatic carbocycles. The smallest absolute Gasteiger partial charge is 0.00233 e. The number of benzene rings is 1. The van der Waals surface area contributed by atoms with Crippen LogP contribution in [0.3, 0.4) is 0 Å². The molecule has 1 nitrogen and oxygen atoms in total. The van der Waals surface area contributed by atoms with Crippen molar-refractivity contribution in [3.63, 3.8) is 0 Å². The molecule has 1 fully saturated rings. The number of hydrogen-bond donors (Lipinski definition) is 1. The van der Waals surface area contributed by atoms with E-state index in [4.69, 9.17) is 0 Å². The highest BCUT2D eigenvalue weighted by Gasteiger charge is 2.23. The molecule has 1 aliphatic rings. The van der Waals surface area contributed by atoms with Crippen LogP contribution in [0.2, 0.25) is 0 Å². The highest BCUT2D eigenvalue weighted by atomic mass is 14.9. The SMILES string of the molecule is CC1CNC[C@H]1c1ccccc1. The van der Waals surface area contributed by atoms with E-state index in [9.17, 15) is 0 Å². The molecule has 0 saturated carbocycles. The molecule has 2 atom stereocenters. The average molecular weight is 161 g/mol. The van der Waals surface area contributed by atoms with Gasteiger partial charge in [-0.1, -0.05) is 37.3 Å². The highest BCUT2D eigenvalue weighted by molar-refractivity contribution is 5.21. The molecule has 1 unspecified atom stereocenters. The summed E-state index contributed by atoms with van der Waals surface area (Å²) < 4.78 is 0. The molecule has 0 amide bonds. The molecule has 0 aromatic heterocycles. The molecule has 1 heteroatoms. The van der Waals surface area contributed by atoms with Crippen molar-refractivity contribution in [2.24, 2.45) is 5.92 Å². The average Bonchev–Trinajstić information content (AvgIpc) is 2.53. The van der Waals surface area contributed by atoms with Gasteiger partial charge < -0.3 is 5.32 Å². The summed E-state index contributed by atoms with van der Waals surface area (Å²) in [6.07, 6.45) is 0. The Morgan fingerprint density at radius 1 is 1.17 bits per heavy atom. The number of nitrogens with one attached hydrogen (secondary N) is 1. The first-order valence-electron chi connectivity index (χ1n) is 4.63. The molecule has 1 heterocycles. The fraction of sp³-hybridized carbons (Fsp3) is 0.455. The summed E-state index contributed by atoms with van der Waals surface area (Å²) in [5, 5.41) is 3.42. The van der Waals surface area contributed by atoms with E-state index in [1.165, 1.54) is 12.1 Å². The van der Waals surface area contributed by atoms with E-state index < -0.39 is 0 Å². The molecule has 12 heavy (non-hydrogen) atoms. The van der Waals surface area contributed by atoms with Crippen LogP contribution in [0.5, 0.6) is 0 Å². The zero-order chi connectivity index (χ0) is 8.39. The first-order valence-corrected chi connectivity index (χ1v) is 4.63. The van der Waals surface area contributed by atoms with Gasteiger partial charge in [-0.25, -0.2) is 0 Å². The van der Waals surface area contributed by atoms with Gasteiger partial charge in [0, 0.05) is 12.5 Å². The van der Waals surface area contributed by atoms with Crippen molar-refractivity contribution in [3.8, 4) is 0 Å². The minimum absolute atomic E-state index is 0.728. The predicted molar refractivity (Wildman–Crippen MR) is 51.2 cm³/mol. The third kappa shape index (κ3) is 1.37. The van der Waals surface area contributed by atoms with Crippen LogP contribution in [-0.4, -0.2) is 13.1 Å². The second-order valence-corrected chi connectivity index (χ2v) is 3.65. The topological polar surface area (TPSA) is 12.0 Å². The normalized spacial score (nSPS) is 29.1. The molecule has 0 radical (unpaired) electrons. The predicted octanol–water partition coefficient (Wildman–Crippen LogP) is 2.01. The molecule has 64 valence electrons. The Bertz CT molecular complexity index is 242. The van der Waals surface area contributed by atoms with Crippen molar-refractivity contribution in [1.29, 1.82) is 0 Å². The fourth-order valence-electron chi connectivity index (χ4n) is 1.96. The molecule has 1 aliphatic heterocycles. The summed E-state index contributed by atoms with van der Waals surface area (Å²) in [4.78, 5) is 0. The van der Waals surface area contributed by atoms with E-state index in [0.29, 0.717) is 0 Å². The maximum atomic E-state index is 3.42. The van der Waals surface area contributed by atoms with E-state index in [1.54, 1.807) is 0 Å². The number of hydrogen-bond acceptors (Lipinski definition) is 1. The number of rotatable bonds is 1. The van der Waals surface area contributed by atoms with E-state index in [-0.39, 0.29) is 0 Å². The lowest BCUT2D eigenvalue weighted by Gasteiger charge is -2.13. The van der Waals surface area contributed by atoms with Crippen molar-refractivity contribution in [2.75, 3.05) is 13.1 Å². The van der Waals surface area contributed by atoms with Crippen LogP contribution in [0.4, 0.5) is 0 Å². The lowest BCUT2D eigenvalue weighted by atomic mass is 9.90. The Labute approximate surface area is 73.8 Å². The van der Waals surface area contributed by atoms with Crippen LogP contribution in [0.1, 0.15) is 18.4 Å². The van der Waals surface area contributed by atoms with Crippen molar-refractivity contribution in [1.82, 2.24) is 5.32 Å². The highest BCUT2D eigenvalue weighted by Crippen LogP contribution is 2.26. The first kappa shape index (κ1) is 7.81. The van der Waals surface area contributed by atoms with Crippen LogP contribution in [0.15, 0.2) is 30.3 Å². The Balaban J connectivity index is 2.19. The summed E-state index contributed by atoms with van der Waals surface area (Å²) in [5.74, 6) is 1.51. The van der Waals surface area contributed by atoms with Crippen molar-refractivity contribution in [3.05, 3.63) is 35.9 Å². The Morgan fingerprint density at radius 2 is 1.92 bits per heavy atom. The van der Waals surface area contributed by atoms with Gasteiger partial charge in [-0.2, -0.15) is 0 Å². The van der Waals surface area contributed by atoms with E-state index in [2.05, 4.69) is 42.6 Å². The molecule has 0 spiro atoms. The van der Waals surface area contributed by atoms with Crippen LogP contribution in [0.25, 0.3) is 0 Å². The van der Waals surface area contributed by atoms with Crippen LogP contribution < -0.4 is 5.32 Å². The maximum Gasteiger partial charge on any atom is 0.00233 e. The van der Waals surface area contributed by atoms with E-state index in [1.807, 2.05) is 0 Å². The van der Waals surface area contributed by atoms with E-state index >= 15 is 0 Å². The summed E-state index contributed by atoms with van der Waals surface area (Å²) >= 11 is 0. The molecule has 0 bridgehead atoms. The van der Waals surface area contributed by atoms with Gasteiger partial charge in [0.1, 0.15) is 0 Å². The third-order valence-electron chi connectivity index (χ3n) is 2.75. The van der Waals surface area contributed by atoms with Crippen LogP contribution in [-0.2, 0) is 0 Å². The molecule has 1 saturated heterocycles. The van der Waals surface area contributed by atoms with Crippen molar-refractivity contribution >= 4 is 0 Å². The minimum Gasteiger partial charge on any atom is -0.316 e. The van der Waals surface area contributed by atoms with Crippen LogP contribution >= 0.6 is 0 Å². The standard InChI is InChI=1S/C11H15N/c1-9-7-12-8-11(9)10-5-3-2-4-6-10/h2-6,9,11-12H,7-8H2,1H3/t9?,11-/m1/s1. The quantitative estimate of drug-likeness (QED) is 0.664. The second kappa shape index (κ2) is 3.28. The largest absolute Gasteiger partial charge is 0.316 e. The van der Waals surface area contributed by atoms with Crippen molar-refractivity contribution < 1.29 is 0 Å². The molecule has 1 aromatic rings. The van der Waals surface area contributed by atoms with Gasteiger partial charge >= 0.3 is 0 Å². The summed E-state index contributed by atoms with van der Waals surface area (Å²) in [7, 11) is 0. The second-order valence-electron chi connectivity index (χ2n) is 3.65. The van der Waals surface area contributed by atoms with Gasteiger partial charge in [0.15, 0.2) is 0 Å². The molecular formula is C11H15N. The third-order valence-corrected chi connectivity index (χ3v) is 2.75. The maximum absolute atomic E-state index is 3.42. The van der Waals surface area contributed by atoms with Crippen LogP contribution in [0, 0.1) is 5.92 Å². The summed E-state index contributed by atoms with van der Waals surface area (Å²) in [5.41, 5.74) is 1.48. The molecule has 1 aromatic carbocycles. The van der Waals surface area contributed by atoms with Gasteiger partial charge in [0.2, 0.25) is 0 Å². The summed E-state index contributed by atoms with van der Waals surface area (Å²) in [6, 6.07) is 10.8. The Kier molecular flexibility index (Phi) is 2.13. The molecular weight excluding hydrogens is 146 g/mol. The first-order chi connectivity index (χ1) is 5.88. The Hall–Kier alpha value is -0.820. The lowest BCUT2D eigenvalue weighted by molar-refractivity contribution is 0.572. The zero-order valence-electron chi connectivity index (χ0n) is 7.46. The molecule has 2 rings (SSSR count). The van der Waals surface area contributed by atoms with Gasteiger partial charge in [-0.3, -0.25) is 0 Å². The van der Waals surface area contributed by atoms with E-state index in [0.717, 1.165) is 18.4 Å². The van der Waals surface area contributed by atoms with Gasteiger partial charge in [-0.15, -0.1) is 0 Å². The Morgan fingerprint density at radius 3 is 2.50 bits per heavy atom. The molecule has 1 N–H and O–H groups in total. The zero-order valence-corrected chi connectivity index (χ0v) is 7.46. The minimum atomic E-state index is 0.728. The van der Waals surface area contributed by atoms with Gasteiger partial charge in [0.05, 0.1) is 0 Å². The fourth-order valence-corrected chi connectivity index (χ4v) is 1.96. The van der Waals surface area contributed by atoms with Gasteiger partial charge in [-0.05, 0) is 18.0 Å². The monoisotopic (exact) mass is 161 g/mol.